The lowest BCUT2D eigenvalue weighted by atomic mass is 10.1. The lowest BCUT2D eigenvalue weighted by molar-refractivity contribution is -0.118. The van der Waals surface area contributed by atoms with Crippen molar-refractivity contribution in [2.45, 2.75) is 13.3 Å². The Morgan fingerprint density at radius 1 is 1.18 bits per heavy atom. The minimum Gasteiger partial charge on any atom is -0.484 e. The number of carbonyl (C=O) groups excluding carboxylic acids is 1. The predicted molar refractivity (Wildman–Crippen MR) is 86.4 cm³/mol. The molecule has 0 saturated carbocycles. The van der Waals surface area contributed by atoms with Gasteiger partial charge in [-0.25, -0.2) is 4.39 Å². The topological polar surface area (TPSA) is 38.3 Å². The first kappa shape index (κ1) is 16.6. The molecule has 22 heavy (non-hydrogen) atoms. The maximum atomic E-state index is 13.0. The molecule has 2 aromatic rings. The predicted octanol–water partition coefficient (Wildman–Crippen LogP) is 4.71. The van der Waals surface area contributed by atoms with Gasteiger partial charge in [-0.2, -0.15) is 0 Å². The Kier molecular flexibility index (Phi) is 5.63. The molecule has 0 spiro atoms. The summed E-state index contributed by atoms with van der Waals surface area (Å²) in [6, 6.07) is 9.18. The Hall–Kier alpha value is -1.78. The summed E-state index contributed by atoms with van der Waals surface area (Å²) in [4.78, 5) is 11.8. The molecule has 0 bridgehead atoms. The summed E-state index contributed by atoms with van der Waals surface area (Å²) < 4.78 is 18.4. The van der Waals surface area contributed by atoms with E-state index in [0.29, 0.717) is 16.5 Å². The van der Waals surface area contributed by atoms with E-state index in [1.165, 1.54) is 18.2 Å². The maximum Gasteiger partial charge on any atom is 0.262 e. The highest BCUT2D eigenvalue weighted by Gasteiger charge is 2.07. The minimum atomic E-state index is -0.538. The Bertz CT molecular complexity index is 692. The molecule has 0 heterocycles. The molecule has 0 aliphatic carbocycles. The number of amides is 1. The monoisotopic (exact) mass is 341 g/mol. The fourth-order valence-electron chi connectivity index (χ4n) is 1.83. The van der Waals surface area contributed by atoms with Gasteiger partial charge < -0.3 is 10.1 Å². The van der Waals surface area contributed by atoms with Crippen LogP contribution >= 0.6 is 23.2 Å². The molecule has 1 N–H and O–H groups in total. The Morgan fingerprint density at radius 3 is 2.64 bits per heavy atom. The molecule has 0 unspecified atom stereocenters. The van der Waals surface area contributed by atoms with Crippen molar-refractivity contribution in [3.63, 3.8) is 0 Å². The van der Waals surface area contributed by atoms with E-state index in [-0.39, 0.29) is 17.5 Å². The molecular formula is C16H14Cl2FNO2. The SMILES string of the molecule is CCc1cc(OCC(=O)Nc2ccc(F)c(Cl)c2)ccc1Cl. The van der Waals surface area contributed by atoms with Crippen LogP contribution in [0.2, 0.25) is 10.0 Å². The van der Waals surface area contributed by atoms with Crippen LogP contribution < -0.4 is 10.1 Å². The highest BCUT2D eigenvalue weighted by molar-refractivity contribution is 6.31. The average molecular weight is 342 g/mol. The molecule has 0 aromatic heterocycles. The van der Waals surface area contributed by atoms with Crippen LogP contribution in [0.25, 0.3) is 0 Å². The molecule has 116 valence electrons. The second kappa shape index (κ2) is 7.47. The fourth-order valence-corrected chi connectivity index (χ4v) is 2.26. The van der Waals surface area contributed by atoms with Gasteiger partial charge in [0.2, 0.25) is 0 Å². The lowest BCUT2D eigenvalue weighted by Crippen LogP contribution is -2.20. The zero-order valence-electron chi connectivity index (χ0n) is 11.8. The van der Waals surface area contributed by atoms with Crippen LogP contribution in [-0.4, -0.2) is 12.5 Å². The molecule has 6 heteroatoms. The number of aryl methyl sites for hydroxylation is 1. The van der Waals surface area contributed by atoms with E-state index < -0.39 is 5.82 Å². The Balaban J connectivity index is 1.93. The van der Waals surface area contributed by atoms with E-state index in [4.69, 9.17) is 27.9 Å². The van der Waals surface area contributed by atoms with Gasteiger partial charge in [-0.15, -0.1) is 0 Å². The number of benzene rings is 2. The van der Waals surface area contributed by atoms with Gasteiger partial charge in [0.05, 0.1) is 5.02 Å². The highest BCUT2D eigenvalue weighted by atomic mass is 35.5. The van der Waals surface area contributed by atoms with Gasteiger partial charge in [-0.1, -0.05) is 30.1 Å². The molecule has 0 saturated heterocycles. The van der Waals surface area contributed by atoms with E-state index in [1.807, 2.05) is 6.92 Å². The third-order valence-electron chi connectivity index (χ3n) is 2.97. The second-order valence-corrected chi connectivity index (χ2v) is 5.39. The molecule has 0 aliphatic rings. The number of nitrogens with one attached hydrogen (secondary N) is 1. The third kappa shape index (κ3) is 4.36. The second-order valence-electron chi connectivity index (χ2n) is 4.57. The number of hydrogen-bond donors (Lipinski definition) is 1. The van der Waals surface area contributed by atoms with Gasteiger partial charge >= 0.3 is 0 Å². The lowest BCUT2D eigenvalue weighted by Gasteiger charge is -2.09. The van der Waals surface area contributed by atoms with E-state index in [2.05, 4.69) is 5.32 Å². The quantitative estimate of drug-likeness (QED) is 0.854. The molecular weight excluding hydrogens is 328 g/mol. The van der Waals surface area contributed by atoms with Crippen LogP contribution in [0.1, 0.15) is 12.5 Å². The summed E-state index contributed by atoms with van der Waals surface area (Å²) in [5.74, 6) is -0.339. The van der Waals surface area contributed by atoms with Crippen LogP contribution in [-0.2, 0) is 11.2 Å². The molecule has 2 aromatic carbocycles. The van der Waals surface area contributed by atoms with Gasteiger partial charge in [-0.3, -0.25) is 4.79 Å². The van der Waals surface area contributed by atoms with Crippen molar-refractivity contribution >= 4 is 34.8 Å². The van der Waals surface area contributed by atoms with Crippen molar-refractivity contribution in [1.29, 1.82) is 0 Å². The molecule has 3 nitrogen and oxygen atoms in total. The molecule has 0 atom stereocenters. The number of halogens is 3. The van der Waals surface area contributed by atoms with Crippen LogP contribution in [0, 0.1) is 5.82 Å². The standard InChI is InChI=1S/C16H14Cl2FNO2/c1-2-10-7-12(4-5-13(10)17)22-9-16(21)20-11-3-6-15(19)14(18)8-11/h3-8H,2,9H2,1H3,(H,20,21). The van der Waals surface area contributed by atoms with Gasteiger partial charge in [0.1, 0.15) is 11.6 Å². The van der Waals surface area contributed by atoms with Crippen LogP contribution in [0.4, 0.5) is 10.1 Å². The Labute approximate surface area is 138 Å². The summed E-state index contributed by atoms with van der Waals surface area (Å²) >= 11 is 11.7. The minimum absolute atomic E-state index is 0.0518. The number of anilines is 1. The van der Waals surface area contributed by atoms with Crippen molar-refractivity contribution in [1.82, 2.24) is 0 Å². The molecule has 0 radical (unpaired) electrons. The van der Waals surface area contributed by atoms with Gasteiger partial charge in [0, 0.05) is 10.7 Å². The van der Waals surface area contributed by atoms with Crippen LogP contribution in [0.3, 0.4) is 0 Å². The van der Waals surface area contributed by atoms with Crippen molar-refractivity contribution < 1.29 is 13.9 Å². The number of rotatable bonds is 5. The van der Waals surface area contributed by atoms with Crippen LogP contribution in [0.15, 0.2) is 36.4 Å². The highest BCUT2D eigenvalue weighted by Crippen LogP contribution is 2.23. The molecule has 0 fully saturated rings. The molecule has 2 rings (SSSR count). The summed E-state index contributed by atoms with van der Waals surface area (Å²) in [5.41, 5.74) is 1.36. The van der Waals surface area contributed by atoms with Crippen molar-refractivity contribution in [3.8, 4) is 5.75 Å². The van der Waals surface area contributed by atoms with Crippen molar-refractivity contribution in [2.75, 3.05) is 11.9 Å². The van der Waals surface area contributed by atoms with Gasteiger partial charge in [0.25, 0.3) is 5.91 Å². The first-order valence-corrected chi connectivity index (χ1v) is 7.41. The van der Waals surface area contributed by atoms with E-state index in [0.717, 1.165) is 12.0 Å². The summed E-state index contributed by atoms with van der Waals surface area (Å²) in [7, 11) is 0. The Morgan fingerprint density at radius 2 is 1.95 bits per heavy atom. The zero-order chi connectivity index (χ0) is 16.1. The zero-order valence-corrected chi connectivity index (χ0v) is 13.3. The van der Waals surface area contributed by atoms with Gasteiger partial charge in [-0.05, 0) is 48.4 Å². The van der Waals surface area contributed by atoms with E-state index >= 15 is 0 Å². The number of ether oxygens (including phenoxy) is 1. The summed E-state index contributed by atoms with van der Waals surface area (Å²) in [6.07, 6.45) is 0.774. The smallest absolute Gasteiger partial charge is 0.262 e. The van der Waals surface area contributed by atoms with Crippen molar-refractivity contribution in [2.24, 2.45) is 0 Å². The molecule has 1 amide bonds. The number of hydrogen-bond acceptors (Lipinski definition) is 2. The molecule has 0 aliphatic heterocycles. The van der Waals surface area contributed by atoms with E-state index in [1.54, 1.807) is 18.2 Å². The average Bonchev–Trinajstić information content (AvgIpc) is 2.50. The fraction of sp³-hybridized carbons (Fsp3) is 0.188. The first-order valence-electron chi connectivity index (χ1n) is 6.65. The van der Waals surface area contributed by atoms with Crippen molar-refractivity contribution in [3.05, 3.63) is 57.8 Å². The largest absolute Gasteiger partial charge is 0.484 e. The van der Waals surface area contributed by atoms with Gasteiger partial charge in [0.15, 0.2) is 6.61 Å². The van der Waals surface area contributed by atoms with Crippen LogP contribution in [0.5, 0.6) is 5.75 Å². The number of carbonyl (C=O) groups is 1. The third-order valence-corrected chi connectivity index (χ3v) is 3.63. The first-order chi connectivity index (χ1) is 10.5. The maximum absolute atomic E-state index is 13.0. The normalized spacial score (nSPS) is 10.4. The summed E-state index contributed by atoms with van der Waals surface area (Å²) in [5, 5.41) is 3.19. The van der Waals surface area contributed by atoms with E-state index in [9.17, 15) is 9.18 Å². The summed E-state index contributed by atoms with van der Waals surface area (Å²) in [6.45, 7) is 1.82.